The predicted molar refractivity (Wildman–Crippen MR) is 64.4 cm³/mol. The van der Waals surface area contributed by atoms with Crippen molar-refractivity contribution in [2.45, 2.75) is 64.3 Å². The van der Waals surface area contributed by atoms with Crippen molar-refractivity contribution in [1.82, 2.24) is 0 Å². The van der Waals surface area contributed by atoms with Gasteiger partial charge in [0.05, 0.1) is 0 Å². The van der Waals surface area contributed by atoms with Gasteiger partial charge in [-0.1, -0.05) is 45.4 Å². The Morgan fingerprint density at radius 3 is 2.23 bits per heavy atom. The van der Waals surface area contributed by atoms with Crippen LogP contribution < -0.4 is 5.73 Å². The number of hydrogen-bond donors (Lipinski definition) is 2. The third kappa shape index (κ3) is 10.2. The highest BCUT2D eigenvalue weighted by Gasteiger charge is 1.99. The van der Waals surface area contributed by atoms with E-state index in [1.807, 2.05) is 0 Å². The Morgan fingerprint density at radius 2 is 1.62 bits per heavy atom. The molecule has 0 aromatic rings. The molecule has 0 aliphatic rings. The molecule has 0 saturated carbocycles. The molecule has 0 rings (SSSR count). The van der Waals surface area contributed by atoms with E-state index in [-0.39, 0.29) is 0 Å². The summed E-state index contributed by atoms with van der Waals surface area (Å²) in [4.78, 5) is 0. The first-order valence-electron chi connectivity index (χ1n) is 5.67. The van der Waals surface area contributed by atoms with Gasteiger partial charge in [-0.2, -0.15) is 12.6 Å². The smallest absolute Gasteiger partial charge is 0.00465 e. The fourth-order valence-electron chi connectivity index (χ4n) is 1.50. The summed E-state index contributed by atoms with van der Waals surface area (Å²) < 4.78 is 0. The van der Waals surface area contributed by atoms with E-state index in [0.717, 1.165) is 12.2 Å². The Balaban J connectivity index is 2.97. The lowest BCUT2D eigenvalue weighted by Crippen LogP contribution is -2.19. The second kappa shape index (κ2) is 10.4. The average Bonchev–Trinajstić information content (AvgIpc) is 2.11. The zero-order chi connectivity index (χ0) is 9.94. The average molecular weight is 203 g/mol. The summed E-state index contributed by atoms with van der Waals surface area (Å²) in [5.41, 5.74) is 5.88. The molecule has 1 atom stereocenters. The van der Waals surface area contributed by atoms with Gasteiger partial charge < -0.3 is 5.73 Å². The van der Waals surface area contributed by atoms with Crippen LogP contribution in [-0.2, 0) is 0 Å². The van der Waals surface area contributed by atoms with Crippen LogP contribution in [0.15, 0.2) is 0 Å². The summed E-state index contributed by atoms with van der Waals surface area (Å²) in [7, 11) is 0. The van der Waals surface area contributed by atoms with E-state index < -0.39 is 0 Å². The first-order chi connectivity index (χ1) is 6.31. The summed E-state index contributed by atoms with van der Waals surface area (Å²) in [6.45, 7) is 2.25. The van der Waals surface area contributed by atoms with Crippen LogP contribution in [0.5, 0.6) is 0 Å². The summed E-state index contributed by atoms with van der Waals surface area (Å²) >= 11 is 4.17. The second-order valence-electron chi connectivity index (χ2n) is 3.83. The van der Waals surface area contributed by atoms with Crippen LogP contribution in [0.3, 0.4) is 0 Å². The summed E-state index contributed by atoms with van der Waals surface area (Å²) in [5, 5.41) is 0. The molecule has 0 aliphatic heterocycles. The Labute approximate surface area is 88.9 Å². The van der Waals surface area contributed by atoms with Crippen LogP contribution in [0.1, 0.15) is 58.3 Å². The van der Waals surface area contributed by atoms with Gasteiger partial charge in [0.25, 0.3) is 0 Å². The third-order valence-electron chi connectivity index (χ3n) is 2.43. The van der Waals surface area contributed by atoms with E-state index in [9.17, 15) is 0 Å². The quantitative estimate of drug-likeness (QED) is 0.436. The summed E-state index contributed by atoms with van der Waals surface area (Å²) in [5.74, 6) is 0.928. The number of rotatable bonds is 9. The minimum Gasteiger partial charge on any atom is -0.328 e. The molecular weight excluding hydrogens is 178 g/mol. The van der Waals surface area contributed by atoms with Crippen molar-refractivity contribution in [2.75, 3.05) is 5.75 Å². The SMILES string of the molecule is CCCCCCCCC(N)CCS. The van der Waals surface area contributed by atoms with E-state index in [0.29, 0.717) is 6.04 Å². The number of hydrogen-bond acceptors (Lipinski definition) is 2. The van der Waals surface area contributed by atoms with Gasteiger partial charge >= 0.3 is 0 Å². The van der Waals surface area contributed by atoms with Crippen LogP contribution in [0, 0.1) is 0 Å². The molecule has 0 radical (unpaired) electrons. The molecule has 80 valence electrons. The van der Waals surface area contributed by atoms with E-state index in [1.165, 1.54) is 44.9 Å². The molecule has 2 heteroatoms. The molecule has 0 heterocycles. The first kappa shape index (κ1) is 13.3. The Morgan fingerprint density at radius 1 is 1.00 bits per heavy atom. The Hall–Kier alpha value is 0.310. The van der Waals surface area contributed by atoms with Crippen LogP contribution in [0.25, 0.3) is 0 Å². The molecule has 0 aromatic heterocycles. The zero-order valence-electron chi connectivity index (χ0n) is 8.97. The molecule has 0 saturated heterocycles. The largest absolute Gasteiger partial charge is 0.328 e. The molecule has 0 aromatic carbocycles. The highest BCUT2D eigenvalue weighted by Crippen LogP contribution is 2.09. The molecule has 0 aliphatic carbocycles. The van der Waals surface area contributed by atoms with Crippen LogP contribution in [-0.4, -0.2) is 11.8 Å². The molecule has 2 N–H and O–H groups in total. The van der Waals surface area contributed by atoms with Gasteiger partial charge in [0.15, 0.2) is 0 Å². The summed E-state index contributed by atoms with van der Waals surface area (Å²) in [6, 6.07) is 0.392. The van der Waals surface area contributed by atoms with E-state index in [4.69, 9.17) is 5.73 Å². The topological polar surface area (TPSA) is 26.0 Å². The molecule has 0 spiro atoms. The van der Waals surface area contributed by atoms with Crippen LogP contribution in [0.4, 0.5) is 0 Å². The van der Waals surface area contributed by atoms with Gasteiger partial charge in [-0.05, 0) is 18.6 Å². The van der Waals surface area contributed by atoms with Crippen molar-refractivity contribution in [3.63, 3.8) is 0 Å². The van der Waals surface area contributed by atoms with Crippen molar-refractivity contribution in [3.05, 3.63) is 0 Å². The van der Waals surface area contributed by atoms with Gasteiger partial charge in [-0.3, -0.25) is 0 Å². The maximum Gasteiger partial charge on any atom is 0.00465 e. The normalized spacial score (nSPS) is 13.2. The fourth-order valence-corrected chi connectivity index (χ4v) is 1.83. The van der Waals surface area contributed by atoms with Crippen molar-refractivity contribution >= 4 is 12.6 Å². The predicted octanol–water partition coefficient (Wildman–Crippen LogP) is 3.38. The van der Waals surface area contributed by atoms with Crippen molar-refractivity contribution in [3.8, 4) is 0 Å². The number of nitrogens with two attached hydrogens (primary N) is 1. The Kier molecular flexibility index (Phi) is 10.6. The molecule has 0 fully saturated rings. The monoisotopic (exact) mass is 203 g/mol. The zero-order valence-corrected chi connectivity index (χ0v) is 9.86. The van der Waals surface area contributed by atoms with Gasteiger partial charge in [-0.15, -0.1) is 0 Å². The molecule has 1 unspecified atom stereocenters. The molecule has 13 heavy (non-hydrogen) atoms. The van der Waals surface area contributed by atoms with Gasteiger partial charge in [0, 0.05) is 6.04 Å². The maximum absolute atomic E-state index is 5.88. The third-order valence-corrected chi connectivity index (χ3v) is 2.69. The second-order valence-corrected chi connectivity index (χ2v) is 4.28. The van der Waals surface area contributed by atoms with Gasteiger partial charge in [0.2, 0.25) is 0 Å². The van der Waals surface area contributed by atoms with Crippen molar-refractivity contribution in [2.24, 2.45) is 5.73 Å². The Bertz CT molecular complexity index is 96.1. The van der Waals surface area contributed by atoms with Gasteiger partial charge in [0.1, 0.15) is 0 Å². The van der Waals surface area contributed by atoms with E-state index in [2.05, 4.69) is 19.6 Å². The lowest BCUT2D eigenvalue weighted by Gasteiger charge is -2.08. The molecule has 0 bridgehead atoms. The summed E-state index contributed by atoms with van der Waals surface area (Å²) in [6.07, 6.45) is 10.4. The lowest BCUT2D eigenvalue weighted by molar-refractivity contribution is 0.528. The lowest BCUT2D eigenvalue weighted by atomic mass is 10.0. The van der Waals surface area contributed by atoms with E-state index in [1.54, 1.807) is 0 Å². The van der Waals surface area contributed by atoms with Gasteiger partial charge in [-0.25, -0.2) is 0 Å². The highest BCUT2D eigenvalue weighted by atomic mass is 32.1. The molecule has 1 nitrogen and oxygen atoms in total. The molecular formula is C11H25NS. The standard InChI is InChI=1S/C11H25NS/c1-2-3-4-5-6-7-8-11(12)9-10-13/h11,13H,2-10,12H2,1H3. The van der Waals surface area contributed by atoms with Crippen LogP contribution >= 0.6 is 12.6 Å². The number of thiol groups is 1. The minimum atomic E-state index is 0.392. The maximum atomic E-state index is 5.88. The fraction of sp³-hybridized carbons (Fsp3) is 1.00. The first-order valence-corrected chi connectivity index (χ1v) is 6.31. The van der Waals surface area contributed by atoms with Crippen LogP contribution in [0.2, 0.25) is 0 Å². The van der Waals surface area contributed by atoms with E-state index >= 15 is 0 Å². The molecule has 0 amide bonds. The van der Waals surface area contributed by atoms with Crippen molar-refractivity contribution in [1.29, 1.82) is 0 Å². The van der Waals surface area contributed by atoms with Crippen molar-refractivity contribution < 1.29 is 0 Å². The highest BCUT2D eigenvalue weighted by molar-refractivity contribution is 7.80. The minimum absolute atomic E-state index is 0.392. The number of unbranched alkanes of at least 4 members (excludes halogenated alkanes) is 5.